The molecule has 0 aliphatic carbocycles. The van der Waals surface area contributed by atoms with Gasteiger partial charge in [-0.25, -0.2) is 0 Å². The van der Waals surface area contributed by atoms with Crippen molar-refractivity contribution in [3.05, 3.63) is 28.8 Å². The smallest absolute Gasteiger partial charge is 0.260 e. The van der Waals surface area contributed by atoms with E-state index in [-0.39, 0.29) is 12.5 Å². The molecule has 6 heteroatoms. The minimum Gasteiger partial charge on any atom is -0.482 e. The number of nitrogens with two attached hydrogens (primary N) is 1. The number of ether oxygens (including phenoxy) is 1. The fourth-order valence-corrected chi connectivity index (χ4v) is 2.53. The van der Waals surface area contributed by atoms with Gasteiger partial charge in [0.2, 0.25) is 0 Å². The van der Waals surface area contributed by atoms with Crippen LogP contribution in [0.2, 0.25) is 5.02 Å². The third-order valence-corrected chi connectivity index (χ3v) is 3.93. The number of carbonyl (C=O) groups is 1. The summed E-state index contributed by atoms with van der Waals surface area (Å²) in [6, 6.07) is 5.56. The Bertz CT molecular complexity index is 488. The number of halogens is 1. The first-order valence-electron chi connectivity index (χ1n) is 7.18. The number of nitrogens with zero attached hydrogens (tertiary/aromatic N) is 2. The summed E-state index contributed by atoms with van der Waals surface area (Å²) >= 11 is 6.16. The molecule has 1 aromatic rings. The van der Waals surface area contributed by atoms with Gasteiger partial charge in [0.15, 0.2) is 6.61 Å². The van der Waals surface area contributed by atoms with Gasteiger partial charge in [-0.3, -0.25) is 4.79 Å². The summed E-state index contributed by atoms with van der Waals surface area (Å²) in [6.45, 7) is 3.92. The average Bonchev–Trinajstić information content (AvgIpc) is 2.47. The zero-order chi connectivity index (χ0) is 15.2. The second-order valence-corrected chi connectivity index (χ2v) is 5.68. The number of hydrogen-bond acceptors (Lipinski definition) is 4. The van der Waals surface area contributed by atoms with Crippen LogP contribution in [0, 0.1) is 0 Å². The summed E-state index contributed by atoms with van der Waals surface area (Å²) < 4.78 is 5.54. The van der Waals surface area contributed by atoms with E-state index < -0.39 is 0 Å². The van der Waals surface area contributed by atoms with E-state index in [9.17, 15) is 4.79 Å². The van der Waals surface area contributed by atoms with Gasteiger partial charge in [0.25, 0.3) is 5.91 Å². The molecule has 0 aromatic heterocycles. The van der Waals surface area contributed by atoms with Gasteiger partial charge in [-0.05, 0) is 37.7 Å². The van der Waals surface area contributed by atoms with Crippen molar-refractivity contribution in [2.75, 3.05) is 46.4 Å². The van der Waals surface area contributed by atoms with E-state index in [0.717, 1.165) is 38.2 Å². The van der Waals surface area contributed by atoms with Gasteiger partial charge < -0.3 is 20.3 Å². The Kier molecular flexibility index (Phi) is 5.85. The van der Waals surface area contributed by atoms with Crippen molar-refractivity contribution < 1.29 is 9.53 Å². The molecular formula is C15H22ClN3O2. The summed E-state index contributed by atoms with van der Waals surface area (Å²) in [6.07, 6.45) is 0.778. The molecule has 0 unspecified atom stereocenters. The van der Waals surface area contributed by atoms with Crippen LogP contribution in [0.1, 0.15) is 5.56 Å². The highest BCUT2D eigenvalue weighted by Gasteiger charge is 2.19. The number of benzene rings is 1. The molecule has 0 spiro atoms. The van der Waals surface area contributed by atoms with E-state index in [2.05, 4.69) is 11.9 Å². The predicted octanol–water partition coefficient (Wildman–Crippen LogP) is 0.994. The molecule has 1 aliphatic heterocycles. The summed E-state index contributed by atoms with van der Waals surface area (Å²) in [7, 11) is 2.06. The average molecular weight is 312 g/mol. The SMILES string of the molecule is CN1CCN(C(=O)COc2ccc(CCN)cc2Cl)CC1. The summed E-state index contributed by atoms with van der Waals surface area (Å²) in [4.78, 5) is 16.1. The highest BCUT2D eigenvalue weighted by molar-refractivity contribution is 6.32. The number of hydrogen-bond donors (Lipinski definition) is 1. The molecule has 1 aliphatic rings. The summed E-state index contributed by atoms with van der Waals surface area (Å²) in [5.41, 5.74) is 6.58. The third kappa shape index (κ3) is 4.59. The minimum absolute atomic E-state index is 0.00482. The van der Waals surface area contributed by atoms with Crippen LogP contribution in [0.5, 0.6) is 5.75 Å². The Hall–Kier alpha value is -1.30. The largest absolute Gasteiger partial charge is 0.482 e. The second kappa shape index (κ2) is 7.64. The first-order chi connectivity index (χ1) is 10.1. The van der Waals surface area contributed by atoms with Gasteiger partial charge in [-0.1, -0.05) is 17.7 Å². The first kappa shape index (κ1) is 16.1. The fourth-order valence-electron chi connectivity index (χ4n) is 2.27. The van der Waals surface area contributed by atoms with Gasteiger partial charge in [0, 0.05) is 26.2 Å². The number of piperazine rings is 1. The fraction of sp³-hybridized carbons (Fsp3) is 0.533. The van der Waals surface area contributed by atoms with Crippen LogP contribution in [0.3, 0.4) is 0 Å². The quantitative estimate of drug-likeness (QED) is 0.881. The Morgan fingerprint density at radius 1 is 1.33 bits per heavy atom. The lowest BCUT2D eigenvalue weighted by Crippen LogP contribution is -2.48. The highest BCUT2D eigenvalue weighted by Crippen LogP contribution is 2.25. The monoisotopic (exact) mass is 311 g/mol. The lowest BCUT2D eigenvalue weighted by Gasteiger charge is -2.32. The lowest BCUT2D eigenvalue weighted by molar-refractivity contribution is -0.134. The van der Waals surface area contributed by atoms with Crippen molar-refractivity contribution >= 4 is 17.5 Å². The molecule has 1 heterocycles. The normalized spacial score (nSPS) is 16.0. The van der Waals surface area contributed by atoms with E-state index in [1.807, 2.05) is 17.0 Å². The Labute approximate surface area is 130 Å². The molecule has 1 amide bonds. The molecule has 2 rings (SSSR count). The number of amides is 1. The maximum Gasteiger partial charge on any atom is 0.260 e. The zero-order valence-electron chi connectivity index (χ0n) is 12.3. The van der Waals surface area contributed by atoms with Gasteiger partial charge in [-0.15, -0.1) is 0 Å². The summed E-state index contributed by atoms with van der Waals surface area (Å²) in [5, 5.41) is 0.520. The number of rotatable bonds is 5. The van der Waals surface area contributed by atoms with E-state index in [1.165, 1.54) is 0 Å². The second-order valence-electron chi connectivity index (χ2n) is 5.28. The summed E-state index contributed by atoms with van der Waals surface area (Å²) in [5.74, 6) is 0.546. The lowest BCUT2D eigenvalue weighted by atomic mass is 10.1. The molecule has 0 bridgehead atoms. The van der Waals surface area contributed by atoms with Crippen LogP contribution in [-0.2, 0) is 11.2 Å². The van der Waals surface area contributed by atoms with Gasteiger partial charge in [0.1, 0.15) is 5.75 Å². The standard InChI is InChI=1S/C15H22ClN3O2/c1-18-6-8-19(9-7-18)15(20)11-21-14-3-2-12(4-5-17)10-13(14)16/h2-3,10H,4-9,11,17H2,1H3. The van der Waals surface area contributed by atoms with E-state index >= 15 is 0 Å². The Morgan fingerprint density at radius 2 is 2.05 bits per heavy atom. The first-order valence-corrected chi connectivity index (χ1v) is 7.55. The van der Waals surface area contributed by atoms with Gasteiger partial charge in [0.05, 0.1) is 5.02 Å². The molecule has 1 saturated heterocycles. The van der Waals surface area contributed by atoms with Gasteiger partial charge >= 0.3 is 0 Å². The van der Waals surface area contributed by atoms with Crippen LogP contribution in [0.4, 0.5) is 0 Å². The van der Waals surface area contributed by atoms with E-state index in [4.69, 9.17) is 22.1 Å². The highest BCUT2D eigenvalue weighted by atomic mass is 35.5. The molecule has 0 saturated carbocycles. The van der Waals surface area contributed by atoms with Crippen molar-refractivity contribution in [2.24, 2.45) is 5.73 Å². The minimum atomic E-state index is 0.00482. The van der Waals surface area contributed by atoms with Gasteiger partial charge in [-0.2, -0.15) is 0 Å². The molecule has 21 heavy (non-hydrogen) atoms. The van der Waals surface area contributed by atoms with E-state index in [1.54, 1.807) is 6.07 Å². The molecular weight excluding hydrogens is 290 g/mol. The predicted molar refractivity (Wildman–Crippen MR) is 83.8 cm³/mol. The molecule has 5 nitrogen and oxygen atoms in total. The van der Waals surface area contributed by atoms with Crippen molar-refractivity contribution in [1.82, 2.24) is 9.80 Å². The van der Waals surface area contributed by atoms with Crippen LogP contribution in [-0.4, -0.2) is 62.1 Å². The molecule has 0 radical (unpaired) electrons. The van der Waals surface area contributed by atoms with Crippen LogP contribution < -0.4 is 10.5 Å². The number of likely N-dealkylation sites (N-methyl/N-ethyl adjacent to an activating group) is 1. The maximum atomic E-state index is 12.1. The van der Waals surface area contributed by atoms with Crippen molar-refractivity contribution in [1.29, 1.82) is 0 Å². The maximum absolute atomic E-state index is 12.1. The van der Waals surface area contributed by atoms with Crippen molar-refractivity contribution in [3.8, 4) is 5.75 Å². The van der Waals surface area contributed by atoms with Crippen molar-refractivity contribution in [2.45, 2.75) is 6.42 Å². The zero-order valence-corrected chi connectivity index (χ0v) is 13.1. The molecule has 116 valence electrons. The van der Waals surface area contributed by atoms with E-state index in [0.29, 0.717) is 17.3 Å². The molecule has 2 N–H and O–H groups in total. The molecule has 1 fully saturated rings. The topological polar surface area (TPSA) is 58.8 Å². The molecule has 0 atom stereocenters. The Balaban J connectivity index is 1.86. The van der Waals surface area contributed by atoms with Crippen LogP contribution >= 0.6 is 11.6 Å². The number of carbonyl (C=O) groups excluding carboxylic acids is 1. The Morgan fingerprint density at radius 3 is 2.67 bits per heavy atom. The van der Waals surface area contributed by atoms with Crippen LogP contribution in [0.15, 0.2) is 18.2 Å². The third-order valence-electron chi connectivity index (χ3n) is 3.64. The van der Waals surface area contributed by atoms with Crippen molar-refractivity contribution in [3.63, 3.8) is 0 Å². The molecule has 1 aromatic carbocycles. The van der Waals surface area contributed by atoms with Crippen LogP contribution in [0.25, 0.3) is 0 Å².